The predicted octanol–water partition coefficient (Wildman–Crippen LogP) is 0.148. The van der Waals surface area contributed by atoms with E-state index >= 15 is 0 Å². The molecule has 0 aliphatic heterocycles. The molecule has 1 heterocycles. The van der Waals surface area contributed by atoms with E-state index in [1.165, 1.54) is 12.5 Å². The van der Waals surface area contributed by atoms with Crippen molar-refractivity contribution in [2.45, 2.75) is 12.8 Å². The molecule has 0 spiro atoms. The van der Waals surface area contributed by atoms with Crippen molar-refractivity contribution in [1.29, 1.82) is 0 Å². The summed E-state index contributed by atoms with van der Waals surface area (Å²) >= 11 is 0. The molecular formula is C7H10N4O2. The summed E-state index contributed by atoms with van der Waals surface area (Å²) in [5, 5.41) is 18.5. The summed E-state index contributed by atoms with van der Waals surface area (Å²) in [5.41, 5.74) is 0. The normalized spacial score (nSPS) is 9.54. The first-order valence-corrected chi connectivity index (χ1v) is 3.87. The number of nitrogens with one attached hydrogen (secondary N) is 1. The van der Waals surface area contributed by atoms with Crippen LogP contribution in [0.4, 0.5) is 5.82 Å². The van der Waals surface area contributed by atoms with E-state index in [0.717, 1.165) is 0 Å². The van der Waals surface area contributed by atoms with E-state index in [2.05, 4.69) is 20.5 Å². The Kier molecular flexibility index (Phi) is 3.62. The molecule has 6 heteroatoms. The van der Waals surface area contributed by atoms with E-state index < -0.39 is 5.97 Å². The summed E-state index contributed by atoms with van der Waals surface area (Å²) in [4.78, 5) is 13.9. The Morgan fingerprint density at radius 3 is 3.08 bits per heavy atom. The van der Waals surface area contributed by atoms with Gasteiger partial charge >= 0.3 is 5.97 Å². The lowest BCUT2D eigenvalue weighted by molar-refractivity contribution is -0.137. The van der Waals surface area contributed by atoms with Crippen LogP contribution in [0.15, 0.2) is 12.5 Å². The van der Waals surface area contributed by atoms with E-state index in [1.54, 1.807) is 0 Å². The molecule has 0 unspecified atom stereocenters. The van der Waals surface area contributed by atoms with Gasteiger partial charge in [-0.3, -0.25) is 4.79 Å². The van der Waals surface area contributed by atoms with E-state index in [-0.39, 0.29) is 6.42 Å². The average molecular weight is 182 g/mol. The molecule has 1 aromatic rings. The molecular weight excluding hydrogens is 172 g/mol. The molecule has 70 valence electrons. The number of hydrogen-bond acceptors (Lipinski definition) is 5. The number of anilines is 1. The SMILES string of the molecule is O=C(O)CCCNc1cncnn1. The topological polar surface area (TPSA) is 88.0 Å². The van der Waals surface area contributed by atoms with Crippen molar-refractivity contribution < 1.29 is 9.90 Å². The Balaban J connectivity index is 2.17. The van der Waals surface area contributed by atoms with Crippen molar-refractivity contribution in [2.75, 3.05) is 11.9 Å². The van der Waals surface area contributed by atoms with Crippen molar-refractivity contribution in [2.24, 2.45) is 0 Å². The first-order valence-electron chi connectivity index (χ1n) is 3.87. The van der Waals surface area contributed by atoms with Gasteiger partial charge < -0.3 is 10.4 Å². The summed E-state index contributed by atoms with van der Waals surface area (Å²) in [6, 6.07) is 0. The number of aromatic nitrogens is 3. The molecule has 0 atom stereocenters. The third-order valence-corrected chi connectivity index (χ3v) is 1.35. The van der Waals surface area contributed by atoms with Crippen LogP contribution in [0.5, 0.6) is 0 Å². The Morgan fingerprint density at radius 2 is 2.46 bits per heavy atom. The lowest BCUT2D eigenvalue weighted by atomic mass is 10.3. The van der Waals surface area contributed by atoms with E-state index in [9.17, 15) is 4.79 Å². The highest BCUT2D eigenvalue weighted by molar-refractivity contribution is 5.66. The molecule has 0 saturated heterocycles. The Bertz CT molecular complexity index is 264. The molecule has 0 bridgehead atoms. The summed E-state index contributed by atoms with van der Waals surface area (Å²) < 4.78 is 0. The molecule has 0 amide bonds. The van der Waals surface area contributed by atoms with Crippen molar-refractivity contribution in [1.82, 2.24) is 15.2 Å². The van der Waals surface area contributed by atoms with Gasteiger partial charge in [0.15, 0.2) is 5.82 Å². The number of carboxylic acids is 1. The van der Waals surface area contributed by atoms with Gasteiger partial charge in [-0.05, 0) is 6.42 Å². The van der Waals surface area contributed by atoms with Crippen LogP contribution in [-0.2, 0) is 4.79 Å². The van der Waals surface area contributed by atoms with Gasteiger partial charge in [-0.1, -0.05) is 0 Å². The standard InChI is InChI=1S/C7H10N4O2/c12-7(13)2-1-3-9-6-4-8-5-10-11-6/h4-5H,1-3H2,(H,9,11)(H,12,13). The molecule has 13 heavy (non-hydrogen) atoms. The zero-order valence-electron chi connectivity index (χ0n) is 6.97. The van der Waals surface area contributed by atoms with Crippen LogP contribution in [-0.4, -0.2) is 32.8 Å². The minimum absolute atomic E-state index is 0.153. The van der Waals surface area contributed by atoms with Gasteiger partial charge in [0.05, 0.1) is 6.20 Å². The quantitative estimate of drug-likeness (QED) is 0.630. The highest BCUT2D eigenvalue weighted by Crippen LogP contribution is 1.96. The van der Waals surface area contributed by atoms with Gasteiger partial charge in [-0.2, -0.15) is 0 Å². The van der Waals surface area contributed by atoms with Gasteiger partial charge in [0.25, 0.3) is 0 Å². The third-order valence-electron chi connectivity index (χ3n) is 1.35. The van der Waals surface area contributed by atoms with Crippen molar-refractivity contribution in [3.63, 3.8) is 0 Å². The molecule has 6 nitrogen and oxygen atoms in total. The molecule has 0 radical (unpaired) electrons. The molecule has 0 aromatic carbocycles. The number of carboxylic acid groups (broad SMARTS) is 1. The van der Waals surface area contributed by atoms with Gasteiger partial charge in [0.2, 0.25) is 0 Å². The second kappa shape index (κ2) is 5.02. The Morgan fingerprint density at radius 1 is 1.62 bits per heavy atom. The third kappa shape index (κ3) is 4.00. The van der Waals surface area contributed by atoms with Crippen LogP contribution in [0.25, 0.3) is 0 Å². The van der Waals surface area contributed by atoms with E-state index in [0.29, 0.717) is 18.8 Å². The van der Waals surface area contributed by atoms with Crippen molar-refractivity contribution in [3.05, 3.63) is 12.5 Å². The maximum Gasteiger partial charge on any atom is 0.303 e. The number of aliphatic carboxylic acids is 1. The Labute approximate surface area is 75.0 Å². The van der Waals surface area contributed by atoms with Gasteiger partial charge in [-0.25, -0.2) is 4.98 Å². The number of hydrogen-bond donors (Lipinski definition) is 2. The van der Waals surface area contributed by atoms with Crippen molar-refractivity contribution in [3.8, 4) is 0 Å². The molecule has 1 rings (SSSR count). The minimum Gasteiger partial charge on any atom is -0.481 e. The monoisotopic (exact) mass is 182 g/mol. The van der Waals surface area contributed by atoms with E-state index in [4.69, 9.17) is 5.11 Å². The first kappa shape index (κ1) is 9.37. The summed E-state index contributed by atoms with van der Waals surface area (Å²) in [6.45, 7) is 0.562. The second-order valence-corrected chi connectivity index (χ2v) is 2.42. The lowest BCUT2D eigenvalue weighted by Gasteiger charge is -2.01. The second-order valence-electron chi connectivity index (χ2n) is 2.42. The van der Waals surface area contributed by atoms with Crippen LogP contribution >= 0.6 is 0 Å². The fourth-order valence-electron chi connectivity index (χ4n) is 0.785. The van der Waals surface area contributed by atoms with E-state index in [1.807, 2.05) is 0 Å². The van der Waals surface area contributed by atoms with Crippen LogP contribution in [0.1, 0.15) is 12.8 Å². The summed E-state index contributed by atoms with van der Waals surface area (Å²) in [7, 11) is 0. The average Bonchev–Trinajstić information content (AvgIpc) is 2.14. The van der Waals surface area contributed by atoms with Crippen LogP contribution in [0.3, 0.4) is 0 Å². The highest BCUT2D eigenvalue weighted by Gasteiger charge is 1.96. The lowest BCUT2D eigenvalue weighted by Crippen LogP contribution is -2.06. The number of rotatable bonds is 5. The van der Waals surface area contributed by atoms with Crippen LogP contribution in [0.2, 0.25) is 0 Å². The number of carbonyl (C=O) groups is 1. The van der Waals surface area contributed by atoms with Gasteiger partial charge in [0.1, 0.15) is 6.33 Å². The molecule has 0 aliphatic rings. The molecule has 1 aromatic heterocycles. The maximum atomic E-state index is 10.1. The zero-order valence-corrected chi connectivity index (χ0v) is 6.97. The molecule has 0 saturated carbocycles. The smallest absolute Gasteiger partial charge is 0.303 e. The minimum atomic E-state index is -0.793. The molecule has 0 aliphatic carbocycles. The molecule has 0 fully saturated rings. The maximum absolute atomic E-state index is 10.1. The van der Waals surface area contributed by atoms with Crippen LogP contribution in [0, 0.1) is 0 Å². The summed E-state index contributed by atoms with van der Waals surface area (Å²) in [6.07, 6.45) is 3.59. The Hall–Kier alpha value is -1.72. The fraction of sp³-hybridized carbons (Fsp3) is 0.429. The highest BCUT2D eigenvalue weighted by atomic mass is 16.4. The molecule has 2 N–H and O–H groups in total. The zero-order chi connectivity index (χ0) is 9.52. The number of nitrogens with zero attached hydrogens (tertiary/aromatic N) is 3. The fourth-order valence-corrected chi connectivity index (χ4v) is 0.785. The predicted molar refractivity (Wildman–Crippen MR) is 45.2 cm³/mol. The van der Waals surface area contributed by atoms with Gasteiger partial charge in [0, 0.05) is 13.0 Å². The first-order chi connectivity index (χ1) is 6.29. The van der Waals surface area contributed by atoms with Crippen LogP contribution < -0.4 is 5.32 Å². The summed E-state index contributed by atoms with van der Waals surface area (Å²) in [5.74, 6) is -0.230. The van der Waals surface area contributed by atoms with Crippen molar-refractivity contribution >= 4 is 11.8 Å². The largest absolute Gasteiger partial charge is 0.481 e. The van der Waals surface area contributed by atoms with Gasteiger partial charge in [-0.15, -0.1) is 10.2 Å².